The molecule has 2 unspecified atom stereocenters. The summed E-state index contributed by atoms with van der Waals surface area (Å²) in [4.78, 5) is 36.1. The van der Waals surface area contributed by atoms with E-state index in [-0.39, 0.29) is 18.0 Å². The minimum atomic E-state index is -1.02. The summed E-state index contributed by atoms with van der Waals surface area (Å²) in [6, 6.07) is -0.877. The van der Waals surface area contributed by atoms with Crippen molar-refractivity contribution in [1.29, 1.82) is 0 Å². The van der Waals surface area contributed by atoms with E-state index in [1.165, 1.54) is 77.0 Å². The summed E-state index contributed by atoms with van der Waals surface area (Å²) >= 11 is 0. The van der Waals surface area contributed by atoms with Crippen LogP contribution in [0.1, 0.15) is 187 Å². The van der Waals surface area contributed by atoms with E-state index in [2.05, 4.69) is 67.8 Å². The zero-order chi connectivity index (χ0) is 39.6. The Hall–Kier alpha value is -3.19. The van der Waals surface area contributed by atoms with Gasteiger partial charge in [-0.1, -0.05) is 145 Å². The molecule has 0 aromatic heterocycles. The van der Waals surface area contributed by atoms with Gasteiger partial charge in [0.2, 0.25) is 5.91 Å². The molecular weight excluding hydrogens is 673 g/mol. The summed E-state index contributed by atoms with van der Waals surface area (Å²) in [5, 5.41) is 11.9. The Balaban J connectivity index is 4.09. The Labute approximate surface area is 331 Å². The number of aliphatic carboxylic acids is 1. The Morgan fingerprint density at radius 3 is 1.65 bits per heavy atom. The molecule has 0 fully saturated rings. The van der Waals surface area contributed by atoms with Crippen molar-refractivity contribution in [3.05, 3.63) is 72.9 Å². The van der Waals surface area contributed by atoms with Crippen LogP contribution in [0, 0.1) is 0 Å². The number of hydrogen-bond donors (Lipinski definition) is 3. The van der Waals surface area contributed by atoms with Crippen molar-refractivity contribution < 1.29 is 24.2 Å². The topological polar surface area (TPSA) is 119 Å². The van der Waals surface area contributed by atoms with Crippen molar-refractivity contribution in [2.24, 2.45) is 5.73 Å². The minimum Gasteiger partial charge on any atom is -0.480 e. The number of carboxylic acid groups (broad SMARTS) is 1. The number of carbonyl (C=O) groups is 3. The largest absolute Gasteiger partial charge is 0.480 e. The lowest BCUT2D eigenvalue weighted by Gasteiger charge is -2.13. The third kappa shape index (κ3) is 37.1. The average molecular weight is 753 g/mol. The van der Waals surface area contributed by atoms with E-state index < -0.39 is 12.0 Å². The van der Waals surface area contributed by atoms with Gasteiger partial charge in [0.25, 0.3) is 0 Å². The first kappa shape index (κ1) is 50.8. The Kier molecular flexibility index (Phi) is 38.6. The van der Waals surface area contributed by atoms with Crippen LogP contribution in [0.2, 0.25) is 0 Å². The quantitative estimate of drug-likeness (QED) is 0.0328. The van der Waals surface area contributed by atoms with Crippen molar-refractivity contribution in [1.82, 2.24) is 5.32 Å². The van der Waals surface area contributed by atoms with Crippen molar-refractivity contribution in [2.75, 3.05) is 6.54 Å². The van der Waals surface area contributed by atoms with Crippen LogP contribution >= 0.6 is 0 Å². The van der Waals surface area contributed by atoms with Gasteiger partial charge in [0.15, 0.2) is 0 Å². The third-order valence-corrected chi connectivity index (χ3v) is 9.22. The fraction of sp³-hybridized carbons (Fsp3) is 0.681. The molecule has 7 nitrogen and oxygen atoms in total. The molecule has 0 rings (SSSR count). The highest BCUT2D eigenvalue weighted by Gasteiger charge is 2.18. The SMILES string of the molecule is CC/C=C\C/C=C\C(/C=C\CCCCCC(=O)NC(CCCN)C(=O)O)OC(=O)CCCCCCCCCC/C=C\C/C=C\C/C=C\CCCCCCC. The maximum Gasteiger partial charge on any atom is 0.326 e. The van der Waals surface area contributed by atoms with Crippen LogP contribution in [0.5, 0.6) is 0 Å². The zero-order valence-electron chi connectivity index (χ0n) is 34.5. The summed E-state index contributed by atoms with van der Waals surface area (Å²) in [5.41, 5.74) is 5.46. The van der Waals surface area contributed by atoms with Gasteiger partial charge < -0.3 is 20.9 Å². The predicted molar refractivity (Wildman–Crippen MR) is 229 cm³/mol. The van der Waals surface area contributed by atoms with Crippen LogP contribution in [0.4, 0.5) is 0 Å². The number of unbranched alkanes of at least 4 members (excludes halogenated alkanes) is 16. The number of ether oxygens (including phenoxy) is 1. The minimum absolute atomic E-state index is 0.153. The maximum absolute atomic E-state index is 12.6. The lowest BCUT2D eigenvalue weighted by molar-refractivity contribution is -0.145. The van der Waals surface area contributed by atoms with Gasteiger partial charge in [0.1, 0.15) is 12.1 Å². The van der Waals surface area contributed by atoms with Gasteiger partial charge in [0.05, 0.1) is 0 Å². The Morgan fingerprint density at radius 2 is 1.06 bits per heavy atom. The highest BCUT2D eigenvalue weighted by Crippen LogP contribution is 2.13. The number of nitrogens with one attached hydrogen (secondary N) is 1. The van der Waals surface area contributed by atoms with E-state index in [1.54, 1.807) is 0 Å². The molecule has 0 saturated heterocycles. The number of carboxylic acids is 1. The normalized spacial score (nSPS) is 13.4. The van der Waals surface area contributed by atoms with Crippen molar-refractivity contribution in [3.8, 4) is 0 Å². The van der Waals surface area contributed by atoms with Crippen molar-refractivity contribution in [2.45, 2.75) is 199 Å². The van der Waals surface area contributed by atoms with Crippen LogP contribution in [0.15, 0.2) is 72.9 Å². The molecule has 54 heavy (non-hydrogen) atoms. The molecule has 1 amide bonds. The van der Waals surface area contributed by atoms with Crippen LogP contribution in [-0.2, 0) is 19.1 Å². The molecule has 0 aromatic carbocycles. The summed E-state index contributed by atoms with van der Waals surface area (Å²) in [6.45, 7) is 4.77. The van der Waals surface area contributed by atoms with Gasteiger partial charge in [-0.2, -0.15) is 0 Å². The number of allylic oxidation sites excluding steroid dienone is 10. The molecular formula is C47H80N2O5. The van der Waals surface area contributed by atoms with E-state index in [0.717, 1.165) is 64.2 Å². The molecule has 0 aliphatic rings. The number of nitrogens with two attached hydrogens (primary N) is 1. The van der Waals surface area contributed by atoms with Crippen molar-refractivity contribution in [3.63, 3.8) is 0 Å². The van der Waals surface area contributed by atoms with Gasteiger partial charge in [-0.05, 0) is 109 Å². The van der Waals surface area contributed by atoms with Crippen LogP contribution < -0.4 is 11.1 Å². The molecule has 7 heteroatoms. The zero-order valence-corrected chi connectivity index (χ0v) is 34.5. The summed E-state index contributed by atoms with van der Waals surface area (Å²) in [5.74, 6) is -1.41. The van der Waals surface area contributed by atoms with Gasteiger partial charge in [-0.3, -0.25) is 9.59 Å². The fourth-order valence-electron chi connectivity index (χ4n) is 5.94. The predicted octanol–water partition coefficient (Wildman–Crippen LogP) is 12.3. The highest BCUT2D eigenvalue weighted by atomic mass is 16.5. The summed E-state index contributed by atoms with van der Waals surface area (Å²) in [6.07, 6.45) is 53.0. The molecule has 0 heterocycles. The first-order chi connectivity index (χ1) is 26.4. The van der Waals surface area contributed by atoms with Crippen LogP contribution in [-0.4, -0.2) is 41.6 Å². The average Bonchev–Trinajstić information content (AvgIpc) is 3.16. The highest BCUT2D eigenvalue weighted by molar-refractivity contribution is 5.83. The number of hydrogen-bond acceptors (Lipinski definition) is 5. The molecule has 0 spiro atoms. The van der Waals surface area contributed by atoms with E-state index in [1.807, 2.05) is 24.3 Å². The second kappa shape index (κ2) is 41.0. The number of carbonyl (C=O) groups excluding carboxylic acids is 2. The van der Waals surface area contributed by atoms with Gasteiger partial charge in [-0.15, -0.1) is 0 Å². The molecule has 308 valence electrons. The molecule has 0 aromatic rings. The van der Waals surface area contributed by atoms with E-state index in [0.29, 0.717) is 38.6 Å². The molecule has 0 radical (unpaired) electrons. The molecule has 0 bridgehead atoms. The standard InChI is InChI=1S/C47H80N2O5/c1-3-5-7-9-10-11-12-13-14-15-16-17-18-19-20-21-22-23-24-25-26-31-35-41-46(51)54-43(37-32-28-8-6-4-2)38-33-29-27-30-34-40-45(50)49-44(47(52)53)39-36-42-48/h6,8,12-13,15-16,18-19,32-33,37-38,43-44H,3-5,7,9-11,14,17,20-31,34-36,39-42,48H2,1-2H3,(H,49,50)(H,52,53)/b8-6-,13-12-,16-15-,19-18-,37-32-,38-33-. The molecule has 4 N–H and O–H groups in total. The molecule has 2 atom stereocenters. The van der Waals surface area contributed by atoms with E-state index in [4.69, 9.17) is 10.5 Å². The number of rotatable bonds is 38. The second-order valence-corrected chi connectivity index (χ2v) is 14.4. The lowest BCUT2D eigenvalue weighted by Crippen LogP contribution is -2.40. The van der Waals surface area contributed by atoms with Crippen LogP contribution in [0.3, 0.4) is 0 Å². The molecule has 0 aliphatic carbocycles. The van der Waals surface area contributed by atoms with E-state index >= 15 is 0 Å². The van der Waals surface area contributed by atoms with Gasteiger partial charge in [0, 0.05) is 12.8 Å². The monoisotopic (exact) mass is 753 g/mol. The third-order valence-electron chi connectivity index (χ3n) is 9.22. The first-order valence-electron chi connectivity index (χ1n) is 21.8. The fourth-order valence-corrected chi connectivity index (χ4v) is 5.94. The van der Waals surface area contributed by atoms with Crippen LogP contribution in [0.25, 0.3) is 0 Å². The van der Waals surface area contributed by atoms with E-state index in [9.17, 15) is 19.5 Å². The smallest absolute Gasteiger partial charge is 0.326 e. The Morgan fingerprint density at radius 1 is 0.574 bits per heavy atom. The number of amides is 1. The van der Waals surface area contributed by atoms with Gasteiger partial charge in [-0.25, -0.2) is 4.79 Å². The summed E-state index contributed by atoms with van der Waals surface area (Å²) < 4.78 is 5.79. The Bertz CT molecular complexity index is 1070. The second-order valence-electron chi connectivity index (χ2n) is 14.4. The molecule has 0 saturated carbocycles. The maximum atomic E-state index is 12.6. The first-order valence-corrected chi connectivity index (χ1v) is 21.8. The number of esters is 1. The lowest BCUT2D eigenvalue weighted by atomic mass is 10.1. The summed E-state index contributed by atoms with van der Waals surface area (Å²) in [7, 11) is 0. The van der Waals surface area contributed by atoms with Gasteiger partial charge >= 0.3 is 11.9 Å². The molecule has 0 aliphatic heterocycles. The van der Waals surface area contributed by atoms with Crippen molar-refractivity contribution >= 4 is 17.8 Å².